The Balaban J connectivity index is 0.000000105. The first kappa shape index (κ1) is 6.75. The van der Waals surface area contributed by atoms with E-state index in [0.29, 0.717) is 0 Å². The van der Waals surface area contributed by atoms with Crippen molar-refractivity contribution in [2.24, 2.45) is 0 Å². The van der Waals surface area contributed by atoms with Crippen LogP contribution in [0, 0.1) is 0 Å². The molecule has 0 bridgehead atoms. The molecule has 1 saturated heterocycles. The molecule has 0 aromatic heterocycles. The average Bonchev–Trinajstić information content (AvgIpc) is 2.02. The van der Waals surface area contributed by atoms with Crippen LogP contribution in [0.1, 0.15) is 0 Å². The Bertz CT molecular complexity index is 31.7. The summed E-state index contributed by atoms with van der Waals surface area (Å²) in [5, 5.41) is 0. The van der Waals surface area contributed by atoms with Gasteiger partial charge < -0.3 is 4.74 Å². The molecule has 4 heteroatoms. The Morgan fingerprint density at radius 3 is 1.29 bits per heavy atom. The molecule has 0 saturated carbocycles. The summed E-state index contributed by atoms with van der Waals surface area (Å²) in [4.78, 5) is 0. The van der Waals surface area contributed by atoms with Gasteiger partial charge in [0.25, 0.3) is 0 Å². The van der Waals surface area contributed by atoms with E-state index in [1.807, 2.05) is 0 Å². The van der Waals surface area contributed by atoms with E-state index < -0.39 is 6.68 Å². The van der Waals surface area contributed by atoms with Gasteiger partial charge in [0.2, 0.25) is 0 Å². The van der Waals surface area contributed by atoms with Crippen molar-refractivity contribution in [2.45, 2.75) is 6.68 Å². The highest BCUT2D eigenvalue weighted by atomic mass is 19.4. The second kappa shape index (κ2) is 3.92. The van der Waals surface area contributed by atoms with E-state index in [0.717, 1.165) is 13.2 Å². The van der Waals surface area contributed by atoms with E-state index in [9.17, 15) is 13.2 Å². The summed E-state index contributed by atoms with van der Waals surface area (Å²) in [6.45, 7) is -1.67. The lowest BCUT2D eigenvalue weighted by molar-refractivity contribution is 0.00819. The number of rotatable bonds is 0. The molecule has 0 aromatic rings. The van der Waals surface area contributed by atoms with Crippen molar-refractivity contribution < 1.29 is 17.9 Å². The number of hydrogen-bond donors (Lipinski definition) is 0. The summed E-state index contributed by atoms with van der Waals surface area (Å²) in [6.07, 6.45) is 0. The Morgan fingerprint density at radius 1 is 1.14 bits per heavy atom. The van der Waals surface area contributed by atoms with Crippen LogP contribution < -0.4 is 0 Å². The minimum Gasteiger partial charge on any atom is -0.377 e. The number of ether oxygens (including phenoxy) is 1. The summed E-state index contributed by atoms with van der Waals surface area (Å²) in [5.74, 6) is 0. The van der Waals surface area contributed by atoms with E-state index in [1.54, 1.807) is 0 Å². The summed E-state index contributed by atoms with van der Waals surface area (Å²) in [7, 11) is 0. The number of halogens is 3. The first-order chi connectivity index (χ1) is 3.23. The minimum atomic E-state index is -3.67. The molecule has 0 spiro atoms. The molecule has 1 rings (SSSR count). The molecule has 1 fully saturated rings. The summed E-state index contributed by atoms with van der Waals surface area (Å²) in [6, 6.07) is 0. The number of epoxide rings is 1. The van der Waals surface area contributed by atoms with Gasteiger partial charge >= 0.3 is 6.68 Å². The van der Waals surface area contributed by atoms with Crippen molar-refractivity contribution in [2.75, 3.05) is 13.2 Å². The number of alkyl halides is 3. The third kappa shape index (κ3) is 144. The zero-order chi connectivity index (χ0) is 5.70. The van der Waals surface area contributed by atoms with Gasteiger partial charge in [-0.2, -0.15) is 13.2 Å². The van der Waals surface area contributed by atoms with E-state index in [-0.39, 0.29) is 0 Å². The van der Waals surface area contributed by atoms with Crippen LogP contribution in [0.3, 0.4) is 0 Å². The molecule has 0 unspecified atom stereocenters. The van der Waals surface area contributed by atoms with Gasteiger partial charge in [-0.3, -0.25) is 0 Å². The normalized spacial score (nSPS) is 15.4. The smallest absolute Gasteiger partial charge is 0.377 e. The van der Waals surface area contributed by atoms with E-state index >= 15 is 0 Å². The predicted molar refractivity (Wildman–Crippen MR) is 17.9 cm³/mol. The molecule has 0 radical (unpaired) electrons. The lowest BCUT2D eigenvalue weighted by Gasteiger charge is -1.65. The third-order valence-electron chi connectivity index (χ3n) is 0.204. The standard InChI is InChI=1S/C2H4O.CHF3/c1-2-3-1;2-1(3)4/h1-2H2;1H. The zero-order valence-electron chi connectivity index (χ0n) is 3.53. The topological polar surface area (TPSA) is 12.5 Å². The highest BCUT2D eigenvalue weighted by molar-refractivity contribution is 4.36. The van der Waals surface area contributed by atoms with Gasteiger partial charge in [-0.05, 0) is 0 Å². The van der Waals surface area contributed by atoms with Gasteiger partial charge in [-0.25, -0.2) is 0 Å². The quantitative estimate of drug-likeness (QED) is 0.431. The highest BCUT2D eigenvalue weighted by Gasteiger charge is 1.94. The van der Waals surface area contributed by atoms with Crippen molar-refractivity contribution in [3.63, 3.8) is 0 Å². The Hall–Kier alpha value is -0.250. The maximum atomic E-state index is 9.67. The summed E-state index contributed by atoms with van der Waals surface area (Å²) in [5.41, 5.74) is 0. The largest absolute Gasteiger partial charge is 0.379 e. The van der Waals surface area contributed by atoms with E-state index in [2.05, 4.69) is 4.74 Å². The molecule has 0 aliphatic carbocycles. The lowest BCUT2D eigenvalue weighted by atomic mass is 11.0. The molecule has 0 N–H and O–H groups in total. The minimum absolute atomic E-state index is 1.00. The molecule has 0 atom stereocenters. The van der Waals surface area contributed by atoms with Crippen molar-refractivity contribution in [3.05, 3.63) is 0 Å². The average molecular weight is 114 g/mol. The summed E-state index contributed by atoms with van der Waals surface area (Å²) < 4.78 is 33.5. The molecule has 1 aliphatic rings. The second-order valence-corrected chi connectivity index (χ2v) is 0.860. The molecule has 44 valence electrons. The van der Waals surface area contributed by atoms with E-state index in [4.69, 9.17) is 0 Å². The van der Waals surface area contributed by atoms with Crippen LogP contribution in [0.2, 0.25) is 0 Å². The molecule has 7 heavy (non-hydrogen) atoms. The molecule has 0 aromatic carbocycles. The van der Waals surface area contributed by atoms with E-state index in [1.165, 1.54) is 0 Å². The molecule has 0 amide bonds. The third-order valence-corrected chi connectivity index (χ3v) is 0.204. The number of hydrogen-bond acceptors (Lipinski definition) is 1. The van der Waals surface area contributed by atoms with Crippen LogP contribution in [0.25, 0.3) is 0 Å². The Morgan fingerprint density at radius 2 is 1.29 bits per heavy atom. The molecule has 1 heterocycles. The Labute approximate surface area is 39.1 Å². The zero-order valence-corrected chi connectivity index (χ0v) is 3.53. The highest BCUT2D eigenvalue weighted by Crippen LogP contribution is 1.87. The van der Waals surface area contributed by atoms with Gasteiger partial charge in [0.1, 0.15) is 0 Å². The van der Waals surface area contributed by atoms with Crippen LogP contribution in [-0.4, -0.2) is 19.9 Å². The Kier molecular flexibility index (Phi) is 3.78. The van der Waals surface area contributed by atoms with Crippen molar-refractivity contribution in [3.8, 4) is 0 Å². The molecule has 1 aliphatic heterocycles. The molecule has 1 nitrogen and oxygen atoms in total. The van der Waals surface area contributed by atoms with Crippen molar-refractivity contribution >= 4 is 0 Å². The fraction of sp³-hybridized carbons (Fsp3) is 1.00. The van der Waals surface area contributed by atoms with Gasteiger partial charge in [0.15, 0.2) is 0 Å². The van der Waals surface area contributed by atoms with Crippen molar-refractivity contribution in [1.29, 1.82) is 0 Å². The van der Waals surface area contributed by atoms with Gasteiger partial charge in [0, 0.05) is 0 Å². The maximum absolute atomic E-state index is 9.67. The molecular weight excluding hydrogens is 109 g/mol. The lowest BCUT2D eigenvalue weighted by Crippen LogP contribution is -1.65. The second-order valence-electron chi connectivity index (χ2n) is 0.860. The SMILES string of the molecule is C1CO1.FC(F)F. The summed E-state index contributed by atoms with van der Waals surface area (Å²) >= 11 is 0. The van der Waals surface area contributed by atoms with Gasteiger partial charge in [-0.15, -0.1) is 0 Å². The molecular formula is C3H5F3O. The van der Waals surface area contributed by atoms with Crippen LogP contribution in [-0.2, 0) is 4.74 Å². The van der Waals surface area contributed by atoms with Gasteiger partial charge in [-0.1, -0.05) is 0 Å². The van der Waals surface area contributed by atoms with Gasteiger partial charge in [0.05, 0.1) is 13.2 Å². The van der Waals surface area contributed by atoms with Crippen molar-refractivity contribution in [1.82, 2.24) is 0 Å². The van der Waals surface area contributed by atoms with Crippen LogP contribution in [0.4, 0.5) is 13.2 Å². The fourth-order valence-electron chi connectivity index (χ4n) is 0. The predicted octanol–water partition coefficient (Wildman–Crippen LogP) is 1.20. The first-order valence-corrected chi connectivity index (χ1v) is 1.73. The monoisotopic (exact) mass is 114 g/mol. The fourth-order valence-corrected chi connectivity index (χ4v) is 0. The maximum Gasteiger partial charge on any atom is 0.379 e. The first-order valence-electron chi connectivity index (χ1n) is 1.73. The van der Waals surface area contributed by atoms with Crippen LogP contribution >= 0.6 is 0 Å². The van der Waals surface area contributed by atoms with Crippen LogP contribution in [0.5, 0.6) is 0 Å². The van der Waals surface area contributed by atoms with Crippen LogP contribution in [0.15, 0.2) is 0 Å².